The van der Waals surface area contributed by atoms with Crippen LogP contribution >= 0.6 is 0 Å². The van der Waals surface area contributed by atoms with Crippen molar-refractivity contribution in [2.75, 3.05) is 0 Å². The maximum absolute atomic E-state index is 9.30. The molecule has 10 aromatic rings. The number of hydrogen-bond acceptors (Lipinski definition) is 2. The summed E-state index contributed by atoms with van der Waals surface area (Å²) in [4.78, 5) is 10.2. The number of amidine groups is 2. The SMILES string of the molecule is N=C(N=C(N=Cc1c2ccccc2cc2c1ccc1ccccc12)c1ccccc1-c1ccc2oc3ccccc3c2c1)c1ccc(-c2ccccc2)cc1. The van der Waals surface area contributed by atoms with Crippen molar-refractivity contribution >= 4 is 72.1 Å². The van der Waals surface area contributed by atoms with Crippen molar-refractivity contribution in [1.82, 2.24) is 0 Å². The average Bonchev–Trinajstić information content (AvgIpc) is 3.63. The van der Waals surface area contributed by atoms with Gasteiger partial charge in [0.05, 0.1) is 0 Å². The van der Waals surface area contributed by atoms with Crippen LogP contribution in [0.1, 0.15) is 16.7 Å². The summed E-state index contributed by atoms with van der Waals surface area (Å²) in [5.74, 6) is 0.582. The summed E-state index contributed by atoms with van der Waals surface area (Å²) in [6.07, 6.45) is 1.94. The zero-order valence-electron chi connectivity index (χ0n) is 29.8. The molecule has 9 aromatic carbocycles. The van der Waals surface area contributed by atoms with Gasteiger partial charge < -0.3 is 4.42 Å². The van der Waals surface area contributed by atoms with Gasteiger partial charge in [0.15, 0.2) is 11.7 Å². The fourth-order valence-corrected chi connectivity index (χ4v) is 7.72. The number of hydrogen-bond donors (Lipinski definition) is 1. The smallest absolute Gasteiger partial charge is 0.162 e. The third-order valence-electron chi connectivity index (χ3n) is 10.5. The molecular formula is C51H33N3O. The molecule has 0 bridgehead atoms. The number of nitrogens with one attached hydrogen (secondary N) is 1. The molecule has 258 valence electrons. The first-order valence-corrected chi connectivity index (χ1v) is 18.4. The van der Waals surface area contributed by atoms with Gasteiger partial charge in [-0.1, -0.05) is 164 Å². The lowest BCUT2D eigenvalue weighted by molar-refractivity contribution is 0.669. The van der Waals surface area contributed by atoms with Crippen molar-refractivity contribution < 1.29 is 4.42 Å². The first-order valence-electron chi connectivity index (χ1n) is 18.4. The van der Waals surface area contributed by atoms with Gasteiger partial charge in [-0.25, -0.2) is 9.98 Å². The molecule has 4 heteroatoms. The Kier molecular flexibility index (Phi) is 7.93. The highest BCUT2D eigenvalue weighted by Crippen LogP contribution is 2.35. The van der Waals surface area contributed by atoms with Crippen LogP contribution in [0.4, 0.5) is 0 Å². The van der Waals surface area contributed by atoms with Gasteiger partial charge in [0, 0.05) is 33.7 Å². The molecule has 0 aliphatic rings. The Balaban J connectivity index is 1.15. The van der Waals surface area contributed by atoms with Crippen LogP contribution in [0.25, 0.3) is 76.5 Å². The molecule has 1 aromatic heterocycles. The molecule has 4 nitrogen and oxygen atoms in total. The highest BCUT2D eigenvalue weighted by molar-refractivity contribution is 6.23. The lowest BCUT2D eigenvalue weighted by Crippen LogP contribution is -2.06. The quantitative estimate of drug-likeness (QED) is 0.0825. The molecule has 0 saturated heterocycles. The van der Waals surface area contributed by atoms with E-state index >= 15 is 0 Å². The molecule has 0 spiro atoms. The minimum absolute atomic E-state index is 0.131. The van der Waals surface area contributed by atoms with Gasteiger partial charge in [0.1, 0.15) is 11.2 Å². The Labute approximate surface area is 317 Å². The van der Waals surface area contributed by atoms with E-state index in [1.165, 1.54) is 16.2 Å². The molecule has 0 aliphatic carbocycles. The number of benzene rings is 9. The van der Waals surface area contributed by atoms with Gasteiger partial charge in [-0.05, 0) is 78.8 Å². The van der Waals surface area contributed by atoms with E-state index in [-0.39, 0.29) is 5.84 Å². The molecule has 0 amide bonds. The fraction of sp³-hybridized carbons (Fsp3) is 0. The number of nitrogens with zero attached hydrogens (tertiary/aromatic N) is 2. The number of para-hydroxylation sites is 1. The Bertz CT molecular complexity index is 3150. The fourth-order valence-electron chi connectivity index (χ4n) is 7.72. The number of fused-ring (bicyclic) bond motifs is 7. The van der Waals surface area contributed by atoms with Crippen LogP contribution in [0.15, 0.2) is 202 Å². The zero-order valence-corrected chi connectivity index (χ0v) is 29.8. The van der Waals surface area contributed by atoms with Crippen LogP contribution in [0.3, 0.4) is 0 Å². The molecule has 0 aliphatic heterocycles. The molecule has 0 radical (unpaired) electrons. The van der Waals surface area contributed by atoms with Crippen molar-refractivity contribution in [2.24, 2.45) is 9.98 Å². The van der Waals surface area contributed by atoms with Crippen molar-refractivity contribution in [3.05, 3.63) is 205 Å². The van der Waals surface area contributed by atoms with Gasteiger partial charge in [0.2, 0.25) is 0 Å². The van der Waals surface area contributed by atoms with Gasteiger partial charge in [-0.2, -0.15) is 0 Å². The summed E-state index contributed by atoms with van der Waals surface area (Å²) in [7, 11) is 0. The van der Waals surface area contributed by atoms with E-state index in [1.54, 1.807) is 0 Å². The van der Waals surface area contributed by atoms with Crippen molar-refractivity contribution in [1.29, 1.82) is 5.41 Å². The molecule has 0 saturated carbocycles. The molecule has 0 fully saturated rings. The monoisotopic (exact) mass is 703 g/mol. The maximum Gasteiger partial charge on any atom is 0.162 e. The normalized spacial score (nSPS) is 12.1. The summed E-state index contributed by atoms with van der Waals surface area (Å²) in [5, 5.41) is 18.3. The van der Waals surface area contributed by atoms with Crippen LogP contribution in [0.2, 0.25) is 0 Å². The van der Waals surface area contributed by atoms with E-state index in [9.17, 15) is 5.41 Å². The first kappa shape index (κ1) is 32.2. The molecule has 0 unspecified atom stereocenters. The Morgan fingerprint density at radius 1 is 0.455 bits per heavy atom. The second-order valence-corrected chi connectivity index (χ2v) is 13.7. The van der Waals surface area contributed by atoms with E-state index in [1.807, 2.05) is 91.1 Å². The molecule has 1 N–H and O–H groups in total. The predicted octanol–water partition coefficient (Wildman–Crippen LogP) is 13.3. The minimum Gasteiger partial charge on any atom is -0.456 e. The molecule has 55 heavy (non-hydrogen) atoms. The molecular weight excluding hydrogens is 671 g/mol. The van der Waals surface area contributed by atoms with Gasteiger partial charge in [-0.15, -0.1) is 0 Å². The third-order valence-corrected chi connectivity index (χ3v) is 10.5. The highest BCUT2D eigenvalue weighted by atomic mass is 16.3. The third kappa shape index (κ3) is 5.87. The summed E-state index contributed by atoms with van der Waals surface area (Å²) >= 11 is 0. The van der Waals surface area contributed by atoms with E-state index in [4.69, 9.17) is 14.4 Å². The standard InChI is InChI=1S/C51H33N3O/c52-50(36-24-22-34(23-25-36)33-12-2-1-3-13-33)54-51(44-20-9-8-17-40(44)38-27-29-49-46(31-38)43-19-10-11-21-48(43)55-49)53-32-47-41-18-7-5-15-37(41)30-45-39-16-6-4-14-35(39)26-28-42(45)47/h1-32,52H. The van der Waals surface area contributed by atoms with E-state index in [0.717, 1.165) is 71.5 Å². The highest BCUT2D eigenvalue weighted by Gasteiger charge is 2.16. The van der Waals surface area contributed by atoms with Crippen LogP contribution in [-0.4, -0.2) is 17.9 Å². The van der Waals surface area contributed by atoms with E-state index in [0.29, 0.717) is 11.4 Å². The first-order chi connectivity index (χ1) is 27.2. The summed E-state index contributed by atoms with van der Waals surface area (Å²) in [6.45, 7) is 0. The van der Waals surface area contributed by atoms with Crippen LogP contribution < -0.4 is 0 Å². The number of furan rings is 1. The topological polar surface area (TPSA) is 61.7 Å². The number of aliphatic imine (C=N–C) groups is 2. The summed E-state index contributed by atoms with van der Waals surface area (Å²) in [5.41, 5.74) is 8.42. The lowest BCUT2D eigenvalue weighted by atomic mass is 9.94. The van der Waals surface area contributed by atoms with Gasteiger partial charge in [-0.3, -0.25) is 5.41 Å². The Morgan fingerprint density at radius 3 is 1.96 bits per heavy atom. The predicted molar refractivity (Wildman–Crippen MR) is 231 cm³/mol. The van der Waals surface area contributed by atoms with Gasteiger partial charge >= 0.3 is 0 Å². The zero-order chi connectivity index (χ0) is 36.7. The molecule has 1 heterocycles. The van der Waals surface area contributed by atoms with Crippen LogP contribution in [-0.2, 0) is 0 Å². The Hall–Kier alpha value is -7.43. The summed E-state index contributed by atoms with van der Waals surface area (Å²) in [6, 6.07) is 64.5. The van der Waals surface area contributed by atoms with Crippen molar-refractivity contribution in [2.45, 2.75) is 0 Å². The summed E-state index contributed by atoms with van der Waals surface area (Å²) < 4.78 is 6.17. The molecule has 10 rings (SSSR count). The van der Waals surface area contributed by atoms with Gasteiger partial charge in [0.25, 0.3) is 0 Å². The number of rotatable bonds is 5. The van der Waals surface area contributed by atoms with Crippen molar-refractivity contribution in [3.63, 3.8) is 0 Å². The molecule has 0 atom stereocenters. The van der Waals surface area contributed by atoms with E-state index in [2.05, 4.69) is 103 Å². The second kappa shape index (κ2) is 13.5. The van der Waals surface area contributed by atoms with Crippen molar-refractivity contribution in [3.8, 4) is 22.3 Å². The average molecular weight is 704 g/mol. The Morgan fingerprint density at radius 2 is 1.11 bits per heavy atom. The minimum atomic E-state index is 0.131. The maximum atomic E-state index is 9.30. The van der Waals surface area contributed by atoms with Crippen LogP contribution in [0, 0.1) is 5.41 Å². The lowest BCUT2D eigenvalue weighted by Gasteiger charge is -2.13. The largest absolute Gasteiger partial charge is 0.456 e. The van der Waals surface area contributed by atoms with Crippen LogP contribution in [0.5, 0.6) is 0 Å². The second-order valence-electron chi connectivity index (χ2n) is 13.7. The van der Waals surface area contributed by atoms with E-state index < -0.39 is 0 Å².